The highest BCUT2D eigenvalue weighted by molar-refractivity contribution is 5.78. The molecule has 1 N–H and O–H groups in total. The van der Waals surface area contributed by atoms with Crippen molar-refractivity contribution < 1.29 is 4.79 Å². The van der Waals surface area contributed by atoms with E-state index in [2.05, 4.69) is 52.7 Å². The van der Waals surface area contributed by atoms with Crippen LogP contribution in [0.3, 0.4) is 0 Å². The predicted octanol–water partition coefficient (Wildman–Crippen LogP) is 3.62. The van der Waals surface area contributed by atoms with Gasteiger partial charge in [-0.1, -0.05) is 42.5 Å². The van der Waals surface area contributed by atoms with Gasteiger partial charge in [-0.2, -0.15) is 0 Å². The molecule has 0 aliphatic heterocycles. The molecule has 0 saturated carbocycles. The van der Waals surface area contributed by atoms with Crippen molar-refractivity contribution in [1.82, 2.24) is 5.32 Å². The highest BCUT2D eigenvalue weighted by atomic mass is 16.1. The van der Waals surface area contributed by atoms with Gasteiger partial charge in [-0.25, -0.2) is 0 Å². The highest BCUT2D eigenvalue weighted by Crippen LogP contribution is 2.30. The van der Waals surface area contributed by atoms with Crippen molar-refractivity contribution in [2.45, 2.75) is 19.9 Å². The topological polar surface area (TPSA) is 32.3 Å². The summed E-state index contributed by atoms with van der Waals surface area (Å²) >= 11 is 0. The summed E-state index contributed by atoms with van der Waals surface area (Å²) in [5.41, 5.74) is 4.69. The standard InChI is InChI=1S/C18H22N2O/c1-13(19-14(2)21)15-9-11-16(12-10-15)17-7-5-6-8-18(17)20(3)4/h5-13H,1-4H3,(H,19,21). The summed E-state index contributed by atoms with van der Waals surface area (Å²) < 4.78 is 0. The molecule has 0 bridgehead atoms. The van der Waals surface area contributed by atoms with Crippen LogP contribution in [0, 0.1) is 0 Å². The van der Waals surface area contributed by atoms with E-state index >= 15 is 0 Å². The highest BCUT2D eigenvalue weighted by Gasteiger charge is 2.09. The summed E-state index contributed by atoms with van der Waals surface area (Å²) in [6.45, 7) is 3.53. The van der Waals surface area contributed by atoms with Gasteiger partial charge in [0, 0.05) is 32.3 Å². The second-order valence-electron chi connectivity index (χ2n) is 5.46. The van der Waals surface area contributed by atoms with Gasteiger partial charge in [-0.3, -0.25) is 4.79 Å². The average molecular weight is 282 g/mol. The number of rotatable bonds is 4. The summed E-state index contributed by atoms with van der Waals surface area (Å²) in [5.74, 6) is -0.00969. The number of nitrogens with one attached hydrogen (secondary N) is 1. The quantitative estimate of drug-likeness (QED) is 0.929. The molecule has 1 amide bonds. The molecule has 0 aliphatic carbocycles. The SMILES string of the molecule is CC(=O)NC(C)c1ccc(-c2ccccc2N(C)C)cc1. The van der Waals surface area contributed by atoms with Crippen molar-refractivity contribution in [3.63, 3.8) is 0 Å². The Labute approximate surface area is 126 Å². The van der Waals surface area contributed by atoms with Gasteiger partial charge in [0.05, 0.1) is 6.04 Å². The van der Waals surface area contributed by atoms with Crippen molar-refractivity contribution in [2.24, 2.45) is 0 Å². The number of hydrogen-bond donors (Lipinski definition) is 1. The summed E-state index contributed by atoms with van der Waals surface area (Å²) in [6.07, 6.45) is 0. The van der Waals surface area contributed by atoms with E-state index in [0.29, 0.717) is 0 Å². The van der Waals surface area contributed by atoms with Crippen LogP contribution in [-0.4, -0.2) is 20.0 Å². The molecule has 2 aromatic carbocycles. The van der Waals surface area contributed by atoms with E-state index in [4.69, 9.17) is 0 Å². The minimum Gasteiger partial charge on any atom is -0.377 e. The number of para-hydroxylation sites is 1. The van der Waals surface area contributed by atoms with Crippen LogP contribution in [0.5, 0.6) is 0 Å². The van der Waals surface area contributed by atoms with Gasteiger partial charge < -0.3 is 10.2 Å². The minimum absolute atomic E-state index is 0.00969. The van der Waals surface area contributed by atoms with Crippen LogP contribution in [0.2, 0.25) is 0 Å². The van der Waals surface area contributed by atoms with Crippen molar-refractivity contribution in [2.75, 3.05) is 19.0 Å². The van der Waals surface area contributed by atoms with Crippen LogP contribution < -0.4 is 10.2 Å². The fraction of sp³-hybridized carbons (Fsp3) is 0.278. The maximum absolute atomic E-state index is 11.1. The molecule has 0 spiro atoms. The van der Waals surface area contributed by atoms with E-state index in [1.807, 2.05) is 27.1 Å². The summed E-state index contributed by atoms with van der Waals surface area (Å²) in [5, 5.41) is 2.90. The molecule has 0 fully saturated rings. The fourth-order valence-electron chi connectivity index (χ4n) is 2.45. The Balaban J connectivity index is 2.29. The third kappa shape index (κ3) is 3.63. The zero-order valence-corrected chi connectivity index (χ0v) is 13.1. The number of carbonyl (C=O) groups is 1. The van der Waals surface area contributed by atoms with Gasteiger partial charge >= 0.3 is 0 Å². The van der Waals surface area contributed by atoms with Crippen molar-refractivity contribution in [3.05, 3.63) is 54.1 Å². The van der Waals surface area contributed by atoms with E-state index in [-0.39, 0.29) is 11.9 Å². The number of anilines is 1. The first-order valence-electron chi connectivity index (χ1n) is 7.13. The molecule has 0 saturated heterocycles. The van der Waals surface area contributed by atoms with Gasteiger partial charge in [-0.05, 0) is 24.1 Å². The molecule has 2 rings (SSSR count). The lowest BCUT2D eigenvalue weighted by Crippen LogP contribution is -2.23. The average Bonchev–Trinajstić information content (AvgIpc) is 2.46. The summed E-state index contributed by atoms with van der Waals surface area (Å²) in [6, 6.07) is 16.7. The first-order chi connectivity index (χ1) is 9.99. The third-order valence-corrected chi connectivity index (χ3v) is 3.53. The van der Waals surface area contributed by atoms with Crippen molar-refractivity contribution in [3.8, 4) is 11.1 Å². The first kappa shape index (κ1) is 15.1. The van der Waals surface area contributed by atoms with Gasteiger partial charge in [0.25, 0.3) is 0 Å². The molecule has 0 aromatic heterocycles. The van der Waals surface area contributed by atoms with Crippen molar-refractivity contribution >= 4 is 11.6 Å². The Kier molecular flexibility index (Phi) is 4.63. The molecule has 0 radical (unpaired) electrons. The molecule has 110 valence electrons. The van der Waals surface area contributed by atoms with E-state index < -0.39 is 0 Å². The smallest absolute Gasteiger partial charge is 0.217 e. The van der Waals surface area contributed by atoms with E-state index in [9.17, 15) is 4.79 Å². The first-order valence-corrected chi connectivity index (χ1v) is 7.13. The number of benzene rings is 2. The summed E-state index contributed by atoms with van der Waals surface area (Å²) in [7, 11) is 4.10. The second kappa shape index (κ2) is 6.44. The lowest BCUT2D eigenvalue weighted by atomic mass is 9.99. The molecule has 2 aromatic rings. The van der Waals surface area contributed by atoms with E-state index in [0.717, 1.165) is 5.56 Å². The number of nitrogens with zero attached hydrogens (tertiary/aromatic N) is 1. The Morgan fingerprint density at radius 3 is 2.24 bits per heavy atom. The maximum Gasteiger partial charge on any atom is 0.217 e. The minimum atomic E-state index is -0.00969. The number of amides is 1. The van der Waals surface area contributed by atoms with Crippen LogP contribution in [0.15, 0.2) is 48.5 Å². The molecule has 1 unspecified atom stereocenters. The van der Waals surface area contributed by atoms with Crippen molar-refractivity contribution in [1.29, 1.82) is 0 Å². The third-order valence-electron chi connectivity index (χ3n) is 3.53. The Morgan fingerprint density at radius 1 is 1.05 bits per heavy atom. The molecule has 3 heteroatoms. The van der Waals surface area contributed by atoms with Gasteiger partial charge in [0.2, 0.25) is 5.91 Å². The molecule has 0 aliphatic rings. The van der Waals surface area contributed by atoms with Crippen LogP contribution in [0.25, 0.3) is 11.1 Å². The lowest BCUT2D eigenvalue weighted by Gasteiger charge is -2.18. The monoisotopic (exact) mass is 282 g/mol. The predicted molar refractivity (Wildman–Crippen MR) is 88.4 cm³/mol. The Bertz CT molecular complexity index is 617. The molecule has 3 nitrogen and oxygen atoms in total. The Hall–Kier alpha value is -2.29. The fourth-order valence-corrected chi connectivity index (χ4v) is 2.45. The van der Waals surface area contributed by atoms with Gasteiger partial charge in [-0.15, -0.1) is 0 Å². The zero-order chi connectivity index (χ0) is 15.4. The van der Waals surface area contributed by atoms with Crippen LogP contribution >= 0.6 is 0 Å². The van der Waals surface area contributed by atoms with Crippen LogP contribution in [0.1, 0.15) is 25.5 Å². The molecule has 1 atom stereocenters. The maximum atomic E-state index is 11.1. The molecular weight excluding hydrogens is 260 g/mol. The molecule has 0 heterocycles. The largest absolute Gasteiger partial charge is 0.377 e. The van der Waals surface area contributed by atoms with Crippen LogP contribution in [-0.2, 0) is 4.79 Å². The van der Waals surface area contributed by atoms with Gasteiger partial charge in [0.15, 0.2) is 0 Å². The lowest BCUT2D eigenvalue weighted by molar-refractivity contribution is -0.119. The number of carbonyl (C=O) groups excluding carboxylic acids is 1. The molecular formula is C18H22N2O. The van der Waals surface area contributed by atoms with Gasteiger partial charge in [0.1, 0.15) is 0 Å². The van der Waals surface area contributed by atoms with E-state index in [1.165, 1.54) is 23.7 Å². The van der Waals surface area contributed by atoms with E-state index in [1.54, 1.807) is 0 Å². The number of hydrogen-bond acceptors (Lipinski definition) is 2. The summed E-state index contributed by atoms with van der Waals surface area (Å²) in [4.78, 5) is 13.2. The Morgan fingerprint density at radius 2 is 1.67 bits per heavy atom. The molecule has 21 heavy (non-hydrogen) atoms. The second-order valence-corrected chi connectivity index (χ2v) is 5.46. The zero-order valence-electron chi connectivity index (χ0n) is 13.1. The van der Waals surface area contributed by atoms with Crippen LogP contribution in [0.4, 0.5) is 5.69 Å². The normalized spacial score (nSPS) is 11.8.